The van der Waals surface area contributed by atoms with E-state index in [0.717, 1.165) is 36.9 Å². The van der Waals surface area contributed by atoms with Gasteiger partial charge in [-0.15, -0.1) is 12.6 Å². The Morgan fingerprint density at radius 1 is 1.26 bits per heavy atom. The molecule has 2 aromatic heterocycles. The Kier molecular flexibility index (Phi) is 6.32. The fourth-order valence-corrected chi connectivity index (χ4v) is 9.17. The maximum Gasteiger partial charge on any atom is 0.333 e. The molecular formula is C29H34FN3O5S. The van der Waals surface area contributed by atoms with Crippen LogP contribution >= 0.6 is 12.6 Å². The van der Waals surface area contributed by atoms with Crippen LogP contribution in [-0.2, 0) is 25.5 Å². The van der Waals surface area contributed by atoms with Crippen LogP contribution in [0.15, 0.2) is 30.1 Å². The first-order valence-electron chi connectivity index (χ1n) is 13.6. The van der Waals surface area contributed by atoms with Gasteiger partial charge >= 0.3 is 5.97 Å². The minimum Gasteiger partial charge on any atom is -0.448 e. The number of rotatable bonds is 5. The summed E-state index contributed by atoms with van der Waals surface area (Å²) in [5.74, 6) is -0.188. The first-order valence-corrected chi connectivity index (χ1v) is 14.0. The highest BCUT2D eigenvalue weighted by Crippen LogP contribution is 2.68. The van der Waals surface area contributed by atoms with Crippen LogP contribution in [0.2, 0.25) is 0 Å². The molecule has 6 rings (SSSR count). The van der Waals surface area contributed by atoms with Crippen LogP contribution in [-0.4, -0.2) is 56.4 Å². The Bertz CT molecular complexity index is 1360. The fraction of sp³-hybridized carbons (Fsp3) is 0.586. The highest BCUT2D eigenvalue weighted by Gasteiger charge is 2.70. The molecule has 39 heavy (non-hydrogen) atoms. The second-order valence-corrected chi connectivity index (χ2v) is 12.6. The van der Waals surface area contributed by atoms with Gasteiger partial charge in [-0.25, -0.2) is 18.9 Å². The number of thiol groups is 1. The molecule has 2 aromatic rings. The number of pyridine rings is 1. The van der Waals surface area contributed by atoms with Gasteiger partial charge in [-0.1, -0.05) is 19.4 Å². The van der Waals surface area contributed by atoms with Crippen molar-refractivity contribution in [3.63, 3.8) is 0 Å². The average molecular weight is 556 g/mol. The highest BCUT2D eigenvalue weighted by atomic mass is 32.1. The number of carbonyl (C=O) groups is 2. The van der Waals surface area contributed by atoms with Gasteiger partial charge in [-0.05, 0) is 85.5 Å². The third-order valence-electron chi connectivity index (χ3n) is 10.4. The van der Waals surface area contributed by atoms with E-state index in [1.54, 1.807) is 10.7 Å². The largest absolute Gasteiger partial charge is 0.448 e. The molecule has 2 heterocycles. The number of halogens is 1. The number of hydrogen-bond donors (Lipinski definition) is 2. The predicted molar refractivity (Wildman–Crippen MR) is 143 cm³/mol. The summed E-state index contributed by atoms with van der Waals surface area (Å²) in [6, 6.07) is 2.99. The average Bonchev–Trinajstić information content (AvgIpc) is 3.41. The monoisotopic (exact) mass is 555 g/mol. The normalized spacial score (nSPS) is 36.7. The number of esters is 1. The van der Waals surface area contributed by atoms with E-state index < -0.39 is 34.0 Å². The number of hydrogen-bond acceptors (Lipinski definition) is 7. The second-order valence-electron chi connectivity index (χ2n) is 12.2. The number of nitrogens with zero attached hydrogens (tertiary/aromatic N) is 3. The van der Waals surface area contributed by atoms with Crippen molar-refractivity contribution in [3.8, 4) is 5.82 Å². The molecule has 3 saturated carbocycles. The van der Waals surface area contributed by atoms with Crippen molar-refractivity contribution in [2.75, 3.05) is 13.7 Å². The first-order chi connectivity index (χ1) is 18.5. The van der Waals surface area contributed by atoms with E-state index in [2.05, 4.69) is 35.7 Å². The van der Waals surface area contributed by atoms with Crippen LogP contribution < -0.4 is 0 Å². The van der Waals surface area contributed by atoms with Crippen LogP contribution in [0.25, 0.3) is 11.9 Å². The zero-order valence-electron chi connectivity index (χ0n) is 22.4. The van der Waals surface area contributed by atoms with E-state index in [-0.39, 0.29) is 29.8 Å². The molecule has 208 valence electrons. The van der Waals surface area contributed by atoms with Crippen LogP contribution in [0.5, 0.6) is 0 Å². The molecule has 1 N–H and O–H groups in total. The van der Waals surface area contributed by atoms with Crippen molar-refractivity contribution in [1.29, 1.82) is 0 Å². The van der Waals surface area contributed by atoms with Gasteiger partial charge in [-0.3, -0.25) is 4.79 Å². The zero-order valence-corrected chi connectivity index (χ0v) is 23.3. The van der Waals surface area contributed by atoms with Gasteiger partial charge < -0.3 is 14.6 Å². The summed E-state index contributed by atoms with van der Waals surface area (Å²) in [7, 11) is 1.41. The van der Waals surface area contributed by atoms with Gasteiger partial charge in [-0.2, -0.15) is 5.10 Å². The maximum atomic E-state index is 13.5. The number of allylic oxidation sites excluding steroid dienone is 1. The number of aromatic nitrogens is 3. The number of aliphatic hydroxyl groups is 1. The molecule has 0 unspecified atom stereocenters. The second kappa shape index (κ2) is 9.24. The summed E-state index contributed by atoms with van der Waals surface area (Å²) in [5, 5.41) is 15.9. The van der Waals surface area contributed by atoms with Crippen molar-refractivity contribution in [2.24, 2.45) is 28.6 Å². The quantitative estimate of drug-likeness (QED) is 0.426. The van der Waals surface area contributed by atoms with Gasteiger partial charge in [0.2, 0.25) is 5.12 Å². The van der Waals surface area contributed by atoms with Crippen molar-refractivity contribution in [3.05, 3.63) is 47.2 Å². The zero-order chi connectivity index (χ0) is 27.7. The summed E-state index contributed by atoms with van der Waals surface area (Å²) >= 11 is 4.22. The van der Waals surface area contributed by atoms with Crippen LogP contribution in [0, 0.1) is 34.4 Å². The van der Waals surface area contributed by atoms with Gasteiger partial charge in [0.1, 0.15) is 12.4 Å². The number of carbonyl (C=O) groups excluding carboxylic acids is 2. The van der Waals surface area contributed by atoms with Crippen molar-refractivity contribution < 1.29 is 28.6 Å². The van der Waals surface area contributed by atoms with E-state index in [1.165, 1.54) is 24.9 Å². The van der Waals surface area contributed by atoms with Gasteiger partial charge in [0.15, 0.2) is 11.4 Å². The number of aliphatic hydroxyl groups excluding tert-OH is 1. The highest BCUT2D eigenvalue weighted by molar-refractivity contribution is 7.96. The van der Waals surface area contributed by atoms with Crippen LogP contribution in [0.3, 0.4) is 0 Å². The van der Waals surface area contributed by atoms with Crippen LogP contribution in [0.1, 0.15) is 57.2 Å². The molecule has 0 saturated heterocycles. The minimum atomic E-state index is -1.39. The third kappa shape index (κ3) is 3.78. The Balaban J connectivity index is 1.34. The van der Waals surface area contributed by atoms with E-state index in [4.69, 9.17) is 9.47 Å². The summed E-state index contributed by atoms with van der Waals surface area (Å²) < 4.78 is 26.0. The first kappa shape index (κ1) is 26.7. The predicted octanol–water partition coefficient (Wildman–Crippen LogP) is 3.94. The van der Waals surface area contributed by atoms with Crippen LogP contribution in [0.4, 0.5) is 4.39 Å². The maximum absolute atomic E-state index is 13.5. The molecule has 3 fully saturated rings. The van der Waals surface area contributed by atoms with Crippen molar-refractivity contribution >= 4 is 29.8 Å². The van der Waals surface area contributed by atoms with Crippen molar-refractivity contribution in [2.45, 2.75) is 64.1 Å². The lowest BCUT2D eigenvalue weighted by molar-refractivity contribution is -0.198. The Labute approximate surface area is 232 Å². The van der Waals surface area contributed by atoms with E-state index in [1.807, 2.05) is 13.1 Å². The standard InChI is InChI=1S/C29H34FN3O5S/c1-27-11-16-13-32-33(23-7-5-18(30)14-31-23)21(16)10-17(27)4-6-19-20-8-9-29(26(36)39,38-24(35)15-37-3)28(20,2)12-22(34)25(19)27/h5,7,10,13-14,19-20,22,25,34H,4,6,8-9,11-12,15H2,1-3H3,(H,36,39)/t19-,20-,22-,25+,27-,28-,29-/m0/s1. The molecule has 0 aromatic carbocycles. The van der Waals surface area contributed by atoms with Crippen molar-refractivity contribution in [1.82, 2.24) is 14.8 Å². The van der Waals surface area contributed by atoms with Gasteiger partial charge in [0.05, 0.1) is 24.2 Å². The Hall–Kier alpha value is -2.56. The molecular weight excluding hydrogens is 521 g/mol. The van der Waals surface area contributed by atoms with E-state index in [0.29, 0.717) is 18.7 Å². The Morgan fingerprint density at radius 3 is 2.74 bits per heavy atom. The molecule has 8 nitrogen and oxygen atoms in total. The molecule has 4 aliphatic rings. The molecule has 0 amide bonds. The molecule has 0 aliphatic heterocycles. The molecule has 0 spiro atoms. The van der Waals surface area contributed by atoms with Gasteiger partial charge in [0, 0.05) is 12.5 Å². The van der Waals surface area contributed by atoms with E-state index in [9.17, 15) is 19.1 Å². The Morgan fingerprint density at radius 2 is 2.05 bits per heavy atom. The summed E-state index contributed by atoms with van der Waals surface area (Å²) in [4.78, 5) is 29.8. The van der Waals surface area contributed by atoms with E-state index >= 15 is 0 Å². The lowest BCUT2D eigenvalue weighted by atomic mass is 9.45. The third-order valence-corrected chi connectivity index (χ3v) is 10.7. The minimum absolute atomic E-state index is 0.0171. The molecule has 4 aliphatic carbocycles. The lowest BCUT2D eigenvalue weighted by Gasteiger charge is -2.60. The smallest absolute Gasteiger partial charge is 0.333 e. The lowest BCUT2D eigenvalue weighted by Crippen LogP contribution is -2.62. The van der Waals surface area contributed by atoms with Gasteiger partial charge in [0.25, 0.3) is 0 Å². The molecule has 10 heteroatoms. The SMILES string of the molecule is COCC(=O)O[C@]1(C(=O)S)CC[C@H]2[C@@H]3CCC4=Cc5c(cnn5-c5ccc(F)cn5)C[C@]4(C)[C@H]3[C@@H](O)C[C@@]21C. The number of fused-ring (bicyclic) bond motifs is 6. The molecule has 7 atom stereocenters. The summed E-state index contributed by atoms with van der Waals surface area (Å²) in [6.45, 7) is 3.99. The number of methoxy groups -OCH3 is 1. The molecule has 0 radical (unpaired) electrons. The summed E-state index contributed by atoms with van der Waals surface area (Å²) in [5.41, 5.74) is 0.872. The topological polar surface area (TPSA) is 104 Å². The number of ether oxygens (including phenoxy) is 2. The molecule has 0 bridgehead atoms. The summed E-state index contributed by atoms with van der Waals surface area (Å²) in [6.07, 6.45) is 8.42. The fourth-order valence-electron chi connectivity index (χ4n) is 8.75.